The van der Waals surface area contributed by atoms with Gasteiger partial charge in [-0.15, -0.1) is 0 Å². The van der Waals surface area contributed by atoms with Crippen molar-refractivity contribution in [1.29, 1.82) is 5.26 Å². The minimum Gasteiger partial charge on any atom is -0.462 e. The second kappa shape index (κ2) is 10.6. The fourth-order valence-electron chi connectivity index (χ4n) is 3.92. The molecule has 6 heteroatoms. The van der Waals surface area contributed by atoms with Crippen LogP contribution in [0.25, 0.3) is 0 Å². The first-order valence-electron chi connectivity index (χ1n) is 10.9. The molecule has 1 atom stereocenters. The number of hydrogen-bond donors (Lipinski definition) is 1. The van der Waals surface area contributed by atoms with Crippen LogP contribution in [0.4, 0.5) is 5.69 Å². The van der Waals surface area contributed by atoms with Crippen molar-refractivity contribution in [3.05, 3.63) is 64.7 Å². The second-order valence-corrected chi connectivity index (χ2v) is 7.82. The van der Waals surface area contributed by atoms with Crippen molar-refractivity contribution in [1.82, 2.24) is 5.32 Å². The zero-order valence-electron chi connectivity index (χ0n) is 18.2. The fourth-order valence-corrected chi connectivity index (χ4v) is 3.92. The number of nitrogens with zero attached hydrogens (tertiary/aromatic N) is 2. The van der Waals surface area contributed by atoms with Crippen LogP contribution in [0.1, 0.15) is 66.2 Å². The predicted octanol–water partition coefficient (Wildman–Crippen LogP) is 4.15. The van der Waals surface area contributed by atoms with Crippen molar-refractivity contribution in [3.63, 3.8) is 0 Å². The number of rotatable bonds is 7. The van der Waals surface area contributed by atoms with E-state index in [9.17, 15) is 14.9 Å². The summed E-state index contributed by atoms with van der Waals surface area (Å²) in [5.74, 6) is -0.474. The number of hydrogen-bond acceptors (Lipinski definition) is 5. The average Bonchev–Trinajstić information content (AvgIpc) is 2.79. The Morgan fingerprint density at radius 2 is 1.84 bits per heavy atom. The topological polar surface area (TPSA) is 82.4 Å². The van der Waals surface area contributed by atoms with E-state index >= 15 is 0 Å². The normalized spacial score (nSPS) is 14.4. The number of anilines is 1. The summed E-state index contributed by atoms with van der Waals surface area (Å²) in [4.78, 5) is 26.8. The van der Waals surface area contributed by atoms with Crippen LogP contribution in [-0.4, -0.2) is 31.6 Å². The van der Waals surface area contributed by atoms with Crippen LogP contribution in [0.2, 0.25) is 0 Å². The third-order valence-corrected chi connectivity index (χ3v) is 5.53. The van der Waals surface area contributed by atoms with Gasteiger partial charge in [0.05, 0.1) is 36.3 Å². The van der Waals surface area contributed by atoms with Gasteiger partial charge in [0.25, 0.3) is 0 Å². The number of esters is 1. The van der Waals surface area contributed by atoms with Crippen LogP contribution in [-0.2, 0) is 16.0 Å². The van der Waals surface area contributed by atoms with Crippen LogP contribution >= 0.6 is 0 Å². The Balaban J connectivity index is 1.69. The van der Waals surface area contributed by atoms with Crippen molar-refractivity contribution >= 4 is 17.6 Å². The molecule has 1 fully saturated rings. The predicted molar refractivity (Wildman–Crippen MR) is 120 cm³/mol. The smallest absolute Gasteiger partial charge is 0.338 e. The number of carbonyl (C=O) groups excluding carboxylic acids is 2. The van der Waals surface area contributed by atoms with Gasteiger partial charge in [0.15, 0.2) is 0 Å². The molecule has 2 aromatic carbocycles. The highest BCUT2D eigenvalue weighted by molar-refractivity contribution is 5.89. The molecule has 1 aliphatic heterocycles. The lowest BCUT2D eigenvalue weighted by molar-refractivity contribution is -0.121. The SMILES string of the molecule is CCOC(=O)c1ccc(CC(=O)NC(C)c2cc(C#N)ccc2N2CCCCC2)cc1. The number of piperidine rings is 1. The third kappa shape index (κ3) is 5.85. The van der Waals surface area contributed by atoms with Crippen molar-refractivity contribution < 1.29 is 14.3 Å². The molecular formula is C25H29N3O3. The Morgan fingerprint density at radius 3 is 2.48 bits per heavy atom. The summed E-state index contributed by atoms with van der Waals surface area (Å²) in [6.07, 6.45) is 3.76. The molecule has 1 amide bonds. The molecule has 162 valence electrons. The highest BCUT2D eigenvalue weighted by Crippen LogP contribution is 2.30. The maximum atomic E-state index is 12.7. The molecule has 0 saturated carbocycles. The number of amides is 1. The first kappa shape index (κ1) is 22.4. The van der Waals surface area contributed by atoms with Crippen LogP contribution in [0.15, 0.2) is 42.5 Å². The molecule has 0 aliphatic carbocycles. The molecule has 1 saturated heterocycles. The van der Waals surface area contributed by atoms with E-state index in [0.717, 1.165) is 42.7 Å². The van der Waals surface area contributed by atoms with Crippen LogP contribution in [0, 0.1) is 11.3 Å². The van der Waals surface area contributed by atoms with Crippen LogP contribution in [0.5, 0.6) is 0 Å². The third-order valence-electron chi connectivity index (χ3n) is 5.53. The van der Waals surface area contributed by atoms with Gasteiger partial charge in [-0.05, 0) is 74.6 Å². The summed E-state index contributed by atoms with van der Waals surface area (Å²) in [6, 6.07) is 14.6. The van der Waals surface area contributed by atoms with Crippen molar-refractivity contribution in [2.45, 2.75) is 45.6 Å². The van der Waals surface area contributed by atoms with Gasteiger partial charge in [0, 0.05) is 18.8 Å². The highest BCUT2D eigenvalue weighted by atomic mass is 16.5. The molecule has 0 spiro atoms. The highest BCUT2D eigenvalue weighted by Gasteiger charge is 2.20. The number of benzene rings is 2. The van der Waals surface area contributed by atoms with Gasteiger partial charge in [-0.25, -0.2) is 4.79 Å². The molecule has 2 aromatic rings. The van der Waals surface area contributed by atoms with E-state index in [1.807, 2.05) is 25.1 Å². The van der Waals surface area contributed by atoms with Crippen LogP contribution < -0.4 is 10.2 Å². The minimum atomic E-state index is -0.366. The summed E-state index contributed by atoms with van der Waals surface area (Å²) in [7, 11) is 0. The van der Waals surface area contributed by atoms with E-state index in [1.165, 1.54) is 6.42 Å². The molecule has 0 radical (unpaired) electrons. The Hall–Kier alpha value is -3.33. The van der Waals surface area contributed by atoms with Crippen molar-refractivity contribution in [2.24, 2.45) is 0 Å². The molecule has 3 rings (SSSR count). The van der Waals surface area contributed by atoms with Gasteiger partial charge >= 0.3 is 5.97 Å². The number of nitrogens with one attached hydrogen (secondary N) is 1. The van der Waals surface area contributed by atoms with E-state index in [-0.39, 0.29) is 24.3 Å². The monoisotopic (exact) mass is 419 g/mol. The number of carbonyl (C=O) groups is 2. The van der Waals surface area contributed by atoms with Crippen molar-refractivity contribution in [3.8, 4) is 6.07 Å². The minimum absolute atomic E-state index is 0.108. The van der Waals surface area contributed by atoms with Gasteiger partial charge in [0.2, 0.25) is 5.91 Å². The Labute approximate surface area is 183 Å². The largest absolute Gasteiger partial charge is 0.462 e. The molecular weight excluding hydrogens is 390 g/mol. The maximum absolute atomic E-state index is 12.7. The van der Waals surface area contributed by atoms with Crippen molar-refractivity contribution in [2.75, 3.05) is 24.6 Å². The van der Waals surface area contributed by atoms with Gasteiger partial charge < -0.3 is 15.0 Å². The standard InChI is InChI=1S/C25H29N3O3/c1-3-31-25(30)21-10-7-19(8-11-21)16-24(29)27-18(2)22-15-20(17-26)9-12-23(22)28-13-5-4-6-14-28/h7-12,15,18H,3-6,13-14,16H2,1-2H3,(H,27,29). The Morgan fingerprint density at radius 1 is 1.13 bits per heavy atom. The van der Waals surface area contributed by atoms with E-state index in [1.54, 1.807) is 31.2 Å². The van der Waals surface area contributed by atoms with E-state index in [0.29, 0.717) is 17.7 Å². The number of ether oxygens (including phenoxy) is 1. The van der Waals surface area contributed by atoms with Gasteiger partial charge in [0.1, 0.15) is 0 Å². The summed E-state index contributed by atoms with van der Waals surface area (Å²) >= 11 is 0. The van der Waals surface area contributed by atoms with Crippen LogP contribution in [0.3, 0.4) is 0 Å². The lowest BCUT2D eigenvalue weighted by Crippen LogP contribution is -2.33. The summed E-state index contributed by atoms with van der Waals surface area (Å²) in [5, 5.41) is 12.4. The molecule has 1 aliphatic rings. The lowest BCUT2D eigenvalue weighted by Gasteiger charge is -2.32. The lowest BCUT2D eigenvalue weighted by atomic mass is 10.00. The summed E-state index contributed by atoms with van der Waals surface area (Å²) < 4.78 is 4.99. The van der Waals surface area contributed by atoms with Gasteiger partial charge in [-0.2, -0.15) is 5.26 Å². The van der Waals surface area contributed by atoms with Gasteiger partial charge in [-0.3, -0.25) is 4.79 Å². The summed E-state index contributed by atoms with van der Waals surface area (Å²) in [5.41, 5.74) is 3.93. The van der Waals surface area contributed by atoms with E-state index < -0.39 is 0 Å². The molecule has 31 heavy (non-hydrogen) atoms. The second-order valence-electron chi connectivity index (χ2n) is 7.82. The fraction of sp³-hybridized carbons (Fsp3) is 0.400. The Bertz CT molecular complexity index is 957. The van der Waals surface area contributed by atoms with E-state index in [4.69, 9.17) is 4.74 Å². The molecule has 1 unspecified atom stereocenters. The molecule has 6 nitrogen and oxygen atoms in total. The first-order chi connectivity index (χ1) is 15.0. The van der Waals surface area contributed by atoms with Gasteiger partial charge in [-0.1, -0.05) is 12.1 Å². The quantitative estimate of drug-likeness (QED) is 0.682. The summed E-state index contributed by atoms with van der Waals surface area (Å²) in [6.45, 7) is 6.03. The van der Waals surface area contributed by atoms with E-state index in [2.05, 4.69) is 16.3 Å². The zero-order chi connectivity index (χ0) is 22.2. The average molecular weight is 420 g/mol. The molecule has 1 heterocycles. The number of nitriles is 1. The molecule has 0 aromatic heterocycles. The maximum Gasteiger partial charge on any atom is 0.338 e. The Kier molecular flexibility index (Phi) is 7.66. The molecule has 0 bridgehead atoms. The molecule has 1 N–H and O–H groups in total. The first-order valence-corrected chi connectivity index (χ1v) is 10.9. The zero-order valence-corrected chi connectivity index (χ0v) is 18.2.